The number of nitrogens with zero attached hydrogens (tertiary/aromatic N) is 4. The number of amides is 1. The van der Waals surface area contributed by atoms with Crippen LogP contribution in [-0.4, -0.2) is 59.0 Å². The number of hydrogen-bond acceptors (Lipinski definition) is 5. The Hall–Kier alpha value is -1.69. The van der Waals surface area contributed by atoms with Crippen molar-refractivity contribution >= 4 is 6.41 Å². The van der Waals surface area contributed by atoms with Crippen LogP contribution in [0.5, 0.6) is 5.88 Å². The zero-order valence-corrected chi connectivity index (χ0v) is 11.1. The maximum absolute atomic E-state index is 10.7. The van der Waals surface area contributed by atoms with Crippen molar-refractivity contribution in [2.24, 2.45) is 0 Å². The van der Waals surface area contributed by atoms with Gasteiger partial charge in [-0.05, 0) is 7.05 Å². The molecule has 2 aliphatic rings. The molecule has 1 aromatic heterocycles. The van der Waals surface area contributed by atoms with Crippen LogP contribution in [0.25, 0.3) is 0 Å². The molecular formula is C13H18N4O2. The van der Waals surface area contributed by atoms with E-state index >= 15 is 0 Å². The predicted molar refractivity (Wildman–Crippen MR) is 68.7 cm³/mol. The van der Waals surface area contributed by atoms with Crippen molar-refractivity contribution in [3.05, 3.63) is 17.6 Å². The van der Waals surface area contributed by atoms with Crippen molar-refractivity contribution < 1.29 is 9.53 Å². The van der Waals surface area contributed by atoms with Crippen LogP contribution in [0.1, 0.15) is 17.7 Å². The largest absolute Gasteiger partial charge is 0.472 e. The standard InChI is InChI=1S/C13H18N4O2/c1-16-4-3-12-11(7-16)13(15-8-14-12)19-10-2-5-17(6-10)9-18/h8-10H,2-7H2,1H3/t10-/m0/s1. The fourth-order valence-electron chi connectivity index (χ4n) is 2.66. The summed E-state index contributed by atoms with van der Waals surface area (Å²) in [5, 5.41) is 0. The highest BCUT2D eigenvalue weighted by Crippen LogP contribution is 2.25. The van der Waals surface area contributed by atoms with Crippen molar-refractivity contribution in [3.8, 4) is 5.88 Å². The summed E-state index contributed by atoms with van der Waals surface area (Å²) < 4.78 is 5.98. The molecule has 0 bridgehead atoms. The highest BCUT2D eigenvalue weighted by Gasteiger charge is 2.26. The monoisotopic (exact) mass is 262 g/mol. The molecular weight excluding hydrogens is 244 g/mol. The summed E-state index contributed by atoms with van der Waals surface area (Å²) in [5.41, 5.74) is 2.19. The summed E-state index contributed by atoms with van der Waals surface area (Å²) in [5.74, 6) is 0.689. The second-order valence-corrected chi connectivity index (χ2v) is 5.22. The Labute approximate surface area is 112 Å². The Morgan fingerprint density at radius 3 is 3.11 bits per heavy atom. The average Bonchev–Trinajstić information content (AvgIpc) is 2.87. The molecule has 0 spiro atoms. The van der Waals surface area contributed by atoms with E-state index in [2.05, 4.69) is 21.9 Å². The van der Waals surface area contributed by atoms with Gasteiger partial charge in [0.15, 0.2) is 0 Å². The molecule has 0 aliphatic carbocycles. The predicted octanol–water partition coefficient (Wildman–Crippen LogP) is 0.0740. The fourth-order valence-corrected chi connectivity index (χ4v) is 2.66. The van der Waals surface area contributed by atoms with Crippen LogP contribution in [-0.2, 0) is 17.8 Å². The Morgan fingerprint density at radius 2 is 2.32 bits per heavy atom. The minimum atomic E-state index is 0.0523. The van der Waals surface area contributed by atoms with E-state index in [1.54, 1.807) is 11.2 Å². The molecule has 1 fully saturated rings. The lowest BCUT2D eigenvalue weighted by atomic mass is 10.1. The number of rotatable bonds is 3. The molecule has 3 heterocycles. The summed E-state index contributed by atoms with van der Waals surface area (Å²) in [6.45, 7) is 3.26. The Balaban J connectivity index is 1.76. The van der Waals surface area contributed by atoms with Gasteiger partial charge in [-0.1, -0.05) is 0 Å². The smallest absolute Gasteiger partial charge is 0.221 e. The maximum atomic E-state index is 10.7. The summed E-state index contributed by atoms with van der Waals surface area (Å²) in [7, 11) is 2.09. The number of hydrogen-bond donors (Lipinski definition) is 0. The van der Waals surface area contributed by atoms with Crippen LogP contribution in [0.4, 0.5) is 0 Å². The highest BCUT2D eigenvalue weighted by molar-refractivity contribution is 5.47. The molecule has 0 N–H and O–H groups in total. The molecule has 6 heteroatoms. The molecule has 1 atom stereocenters. The number of carbonyl (C=O) groups excluding carboxylic acids is 1. The normalized spacial score (nSPS) is 23.2. The average molecular weight is 262 g/mol. The van der Waals surface area contributed by atoms with Gasteiger partial charge in [-0.25, -0.2) is 9.97 Å². The summed E-state index contributed by atoms with van der Waals surface area (Å²) in [6, 6.07) is 0. The fraction of sp³-hybridized carbons (Fsp3) is 0.615. The molecule has 0 radical (unpaired) electrons. The lowest BCUT2D eigenvalue weighted by Crippen LogP contribution is -2.29. The third-order valence-electron chi connectivity index (χ3n) is 3.76. The number of fused-ring (bicyclic) bond motifs is 1. The van der Waals surface area contributed by atoms with Gasteiger partial charge in [0.2, 0.25) is 12.3 Å². The molecule has 0 aromatic carbocycles. The highest BCUT2D eigenvalue weighted by atomic mass is 16.5. The van der Waals surface area contributed by atoms with Crippen molar-refractivity contribution in [3.63, 3.8) is 0 Å². The van der Waals surface area contributed by atoms with E-state index in [9.17, 15) is 4.79 Å². The molecule has 102 valence electrons. The molecule has 0 unspecified atom stereocenters. The third kappa shape index (κ3) is 2.53. The lowest BCUT2D eigenvalue weighted by Gasteiger charge is -2.26. The minimum absolute atomic E-state index is 0.0523. The molecule has 2 aliphatic heterocycles. The number of ether oxygens (including phenoxy) is 1. The van der Waals surface area contributed by atoms with Crippen LogP contribution in [0, 0.1) is 0 Å². The van der Waals surface area contributed by atoms with Crippen LogP contribution in [0.15, 0.2) is 6.33 Å². The zero-order chi connectivity index (χ0) is 13.2. The first kappa shape index (κ1) is 12.3. The van der Waals surface area contributed by atoms with Gasteiger partial charge in [-0.15, -0.1) is 0 Å². The Morgan fingerprint density at radius 1 is 1.42 bits per heavy atom. The first-order chi connectivity index (χ1) is 9.26. The van der Waals surface area contributed by atoms with Crippen molar-refractivity contribution in [1.82, 2.24) is 19.8 Å². The van der Waals surface area contributed by atoms with Crippen LogP contribution in [0.2, 0.25) is 0 Å². The van der Waals surface area contributed by atoms with Gasteiger partial charge in [0, 0.05) is 38.0 Å². The molecule has 1 saturated heterocycles. The Kier molecular flexibility index (Phi) is 3.33. The zero-order valence-electron chi connectivity index (χ0n) is 11.1. The van der Waals surface area contributed by atoms with Crippen LogP contribution < -0.4 is 4.74 Å². The van der Waals surface area contributed by atoms with Gasteiger partial charge in [-0.2, -0.15) is 0 Å². The first-order valence-corrected chi connectivity index (χ1v) is 6.63. The molecule has 19 heavy (non-hydrogen) atoms. The van der Waals surface area contributed by atoms with Gasteiger partial charge in [0.25, 0.3) is 0 Å². The van der Waals surface area contributed by atoms with Crippen molar-refractivity contribution in [1.29, 1.82) is 0 Å². The minimum Gasteiger partial charge on any atom is -0.472 e. The molecule has 3 rings (SSSR count). The van der Waals surface area contributed by atoms with E-state index < -0.39 is 0 Å². The SMILES string of the molecule is CN1CCc2ncnc(O[C@H]3CCN(C=O)C3)c2C1. The van der Waals surface area contributed by atoms with Gasteiger partial charge in [-0.3, -0.25) is 4.79 Å². The topological polar surface area (TPSA) is 58.6 Å². The molecule has 0 saturated carbocycles. The van der Waals surface area contributed by atoms with Crippen LogP contribution in [0.3, 0.4) is 0 Å². The lowest BCUT2D eigenvalue weighted by molar-refractivity contribution is -0.117. The van der Waals surface area contributed by atoms with Gasteiger partial charge in [0.05, 0.1) is 12.2 Å². The number of aromatic nitrogens is 2. The van der Waals surface area contributed by atoms with E-state index in [1.165, 1.54) is 0 Å². The van der Waals surface area contributed by atoms with Crippen molar-refractivity contribution in [2.45, 2.75) is 25.5 Å². The maximum Gasteiger partial charge on any atom is 0.221 e. The van der Waals surface area contributed by atoms with Gasteiger partial charge < -0.3 is 14.5 Å². The number of likely N-dealkylation sites (N-methyl/N-ethyl adjacent to an activating group) is 1. The van der Waals surface area contributed by atoms with E-state index in [0.29, 0.717) is 12.4 Å². The van der Waals surface area contributed by atoms with E-state index in [-0.39, 0.29) is 6.10 Å². The van der Waals surface area contributed by atoms with E-state index in [4.69, 9.17) is 4.74 Å². The van der Waals surface area contributed by atoms with Gasteiger partial charge in [0.1, 0.15) is 12.4 Å². The molecule has 1 aromatic rings. The van der Waals surface area contributed by atoms with Crippen LogP contribution >= 0.6 is 0 Å². The Bertz CT molecular complexity index is 480. The third-order valence-corrected chi connectivity index (χ3v) is 3.76. The first-order valence-electron chi connectivity index (χ1n) is 6.63. The summed E-state index contributed by atoms with van der Waals surface area (Å²) in [4.78, 5) is 23.3. The van der Waals surface area contributed by atoms with Crippen molar-refractivity contribution in [2.75, 3.05) is 26.7 Å². The quantitative estimate of drug-likeness (QED) is 0.722. The van der Waals surface area contributed by atoms with E-state index in [1.807, 2.05) is 0 Å². The van der Waals surface area contributed by atoms with E-state index in [0.717, 1.165) is 50.1 Å². The number of likely N-dealkylation sites (tertiary alicyclic amines) is 1. The second kappa shape index (κ2) is 5.13. The summed E-state index contributed by atoms with van der Waals surface area (Å²) in [6.07, 6.45) is 4.32. The van der Waals surface area contributed by atoms with Gasteiger partial charge >= 0.3 is 0 Å². The molecule has 6 nitrogen and oxygen atoms in total. The second-order valence-electron chi connectivity index (χ2n) is 5.22. The summed E-state index contributed by atoms with van der Waals surface area (Å²) >= 11 is 0. The molecule has 1 amide bonds. The number of carbonyl (C=O) groups is 1.